The molecule has 1 saturated heterocycles. The number of halogens is 1. The third-order valence-electron chi connectivity index (χ3n) is 5.48. The number of hydrogen-bond donors (Lipinski definition) is 0. The minimum absolute atomic E-state index is 0.0165. The molecule has 2 aliphatic rings. The van der Waals surface area contributed by atoms with Gasteiger partial charge in [-0.25, -0.2) is 0 Å². The van der Waals surface area contributed by atoms with Crippen molar-refractivity contribution >= 4 is 34.8 Å². The van der Waals surface area contributed by atoms with E-state index < -0.39 is 0 Å². The Labute approximate surface area is 186 Å². The first-order valence-electron chi connectivity index (χ1n) is 10.4. The van der Waals surface area contributed by atoms with E-state index in [1.165, 1.54) is 0 Å². The summed E-state index contributed by atoms with van der Waals surface area (Å²) >= 11 is 5.85. The molecule has 2 aromatic carbocycles. The Hall–Kier alpha value is -3.06. The molecule has 1 fully saturated rings. The van der Waals surface area contributed by atoms with E-state index in [9.17, 15) is 9.59 Å². The molecule has 8 heteroatoms. The summed E-state index contributed by atoms with van der Waals surface area (Å²) in [5.74, 6) is 0.495. The van der Waals surface area contributed by atoms with Gasteiger partial charge in [0, 0.05) is 55.4 Å². The summed E-state index contributed by atoms with van der Waals surface area (Å²) in [6.45, 7) is 4.85. The molecule has 2 aromatic rings. The van der Waals surface area contributed by atoms with E-state index in [0.29, 0.717) is 42.5 Å². The molecule has 0 aromatic heterocycles. The number of ether oxygens (including phenoxy) is 1. The summed E-state index contributed by atoms with van der Waals surface area (Å²) < 4.78 is 5.54. The predicted octanol–water partition coefficient (Wildman–Crippen LogP) is 3.29. The van der Waals surface area contributed by atoms with E-state index in [1.807, 2.05) is 36.2 Å². The Morgan fingerprint density at radius 2 is 1.58 bits per heavy atom. The highest BCUT2D eigenvalue weighted by atomic mass is 35.5. The van der Waals surface area contributed by atoms with Gasteiger partial charge < -0.3 is 14.5 Å². The zero-order chi connectivity index (χ0) is 21.8. The quantitative estimate of drug-likeness (QED) is 0.715. The summed E-state index contributed by atoms with van der Waals surface area (Å²) in [7, 11) is 0. The third-order valence-corrected chi connectivity index (χ3v) is 5.74. The Morgan fingerprint density at radius 3 is 2.19 bits per heavy atom. The highest BCUT2D eigenvalue weighted by molar-refractivity contribution is 6.30. The van der Waals surface area contributed by atoms with Gasteiger partial charge in [-0.1, -0.05) is 11.6 Å². The Kier molecular flexibility index (Phi) is 6.42. The van der Waals surface area contributed by atoms with Crippen molar-refractivity contribution in [3.8, 4) is 5.75 Å². The van der Waals surface area contributed by atoms with E-state index in [2.05, 4.69) is 5.10 Å². The summed E-state index contributed by atoms with van der Waals surface area (Å²) in [6, 6.07) is 14.5. The molecular weight excluding hydrogens is 416 g/mol. The van der Waals surface area contributed by atoms with Crippen LogP contribution in [0.5, 0.6) is 5.75 Å². The maximum atomic E-state index is 12.8. The lowest BCUT2D eigenvalue weighted by Crippen LogP contribution is -2.51. The van der Waals surface area contributed by atoms with Crippen molar-refractivity contribution in [1.82, 2.24) is 9.80 Å². The first-order chi connectivity index (χ1) is 15.0. The monoisotopic (exact) mass is 440 g/mol. The van der Waals surface area contributed by atoms with Crippen LogP contribution in [-0.2, 0) is 4.79 Å². The molecule has 0 N–H and O–H groups in total. The van der Waals surface area contributed by atoms with Gasteiger partial charge in [0.25, 0.3) is 11.8 Å². The van der Waals surface area contributed by atoms with Gasteiger partial charge in [0.2, 0.25) is 0 Å². The van der Waals surface area contributed by atoms with Crippen molar-refractivity contribution in [3.63, 3.8) is 0 Å². The SMILES string of the molecule is CC1=NN(c2ccc(C(=O)N3CCN(C(=O)COc4ccc(Cl)cc4)CC3)cc2)CC1. The molecule has 0 saturated carbocycles. The number of piperazine rings is 1. The maximum Gasteiger partial charge on any atom is 0.260 e. The fourth-order valence-corrected chi connectivity index (χ4v) is 3.77. The highest BCUT2D eigenvalue weighted by Crippen LogP contribution is 2.21. The number of carbonyl (C=O) groups excluding carboxylic acids is 2. The molecule has 7 nitrogen and oxygen atoms in total. The predicted molar refractivity (Wildman–Crippen MR) is 121 cm³/mol. The van der Waals surface area contributed by atoms with Crippen LogP contribution in [0.25, 0.3) is 0 Å². The van der Waals surface area contributed by atoms with Crippen LogP contribution in [0.4, 0.5) is 5.69 Å². The summed E-state index contributed by atoms with van der Waals surface area (Å²) in [5, 5.41) is 7.06. The van der Waals surface area contributed by atoms with Crippen LogP contribution in [0.1, 0.15) is 23.7 Å². The van der Waals surface area contributed by atoms with Gasteiger partial charge in [-0.3, -0.25) is 14.6 Å². The Balaban J connectivity index is 1.26. The van der Waals surface area contributed by atoms with Crippen LogP contribution >= 0.6 is 11.6 Å². The van der Waals surface area contributed by atoms with Gasteiger partial charge in [-0.15, -0.1) is 0 Å². The molecule has 0 unspecified atom stereocenters. The minimum atomic E-state index is -0.0899. The number of carbonyl (C=O) groups is 2. The zero-order valence-corrected chi connectivity index (χ0v) is 18.2. The van der Waals surface area contributed by atoms with Crippen LogP contribution in [0.3, 0.4) is 0 Å². The number of anilines is 1. The second-order valence-electron chi connectivity index (χ2n) is 7.67. The van der Waals surface area contributed by atoms with Gasteiger partial charge >= 0.3 is 0 Å². The van der Waals surface area contributed by atoms with Gasteiger partial charge in [-0.05, 0) is 55.5 Å². The number of rotatable bonds is 5. The summed E-state index contributed by atoms with van der Waals surface area (Å²) in [6.07, 6.45) is 0.967. The second-order valence-corrected chi connectivity index (χ2v) is 8.11. The topological polar surface area (TPSA) is 65.5 Å². The van der Waals surface area contributed by atoms with Gasteiger partial charge in [0.05, 0.1) is 5.69 Å². The van der Waals surface area contributed by atoms with Crippen LogP contribution in [0, 0.1) is 0 Å². The smallest absolute Gasteiger partial charge is 0.260 e. The van der Waals surface area contributed by atoms with Crippen molar-refractivity contribution in [2.75, 3.05) is 44.3 Å². The van der Waals surface area contributed by atoms with E-state index >= 15 is 0 Å². The standard InChI is InChI=1S/C23H25ClN4O3/c1-17-10-11-28(25-17)20-6-2-18(3-7-20)23(30)27-14-12-26(13-15-27)22(29)16-31-21-8-4-19(24)5-9-21/h2-9H,10-16H2,1H3. The lowest BCUT2D eigenvalue weighted by atomic mass is 10.1. The lowest BCUT2D eigenvalue weighted by molar-refractivity contribution is -0.134. The third kappa shape index (κ3) is 5.17. The number of hydrogen-bond acceptors (Lipinski definition) is 5. The molecule has 2 heterocycles. The normalized spacial score (nSPS) is 16.3. The molecule has 162 valence electrons. The van der Waals surface area contributed by atoms with E-state index in [0.717, 1.165) is 24.4 Å². The number of amides is 2. The van der Waals surface area contributed by atoms with Gasteiger partial charge in [-0.2, -0.15) is 5.10 Å². The number of hydrazone groups is 1. The number of nitrogens with zero attached hydrogens (tertiary/aromatic N) is 4. The van der Waals surface area contributed by atoms with Crippen molar-refractivity contribution in [2.24, 2.45) is 5.10 Å². The van der Waals surface area contributed by atoms with Crippen LogP contribution in [0.2, 0.25) is 5.02 Å². The average Bonchev–Trinajstić information content (AvgIpc) is 3.24. The van der Waals surface area contributed by atoms with Crippen molar-refractivity contribution in [2.45, 2.75) is 13.3 Å². The molecular formula is C23H25ClN4O3. The van der Waals surface area contributed by atoms with Gasteiger partial charge in [0.15, 0.2) is 6.61 Å². The second kappa shape index (κ2) is 9.39. The fourth-order valence-electron chi connectivity index (χ4n) is 3.65. The summed E-state index contributed by atoms with van der Waals surface area (Å²) in [5.41, 5.74) is 2.75. The van der Waals surface area contributed by atoms with E-state index in [4.69, 9.17) is 16.3 Å². The van der Waals surface area contributed by atoms with E-state index in [1.54, 1.807) is 34.1 Å². The molecule has 0 bridgehead atoms. The zero-order valence-electron chi connectivity index (χ0n) is 17.5. The average molecular weight is 441 g/mol. The van der Waals surface area contributed by atoms with Crippen molar-refractivity contribution in [3.05, 3.63) is 59.1 Å². The lowest BCUT2D eigenvalue weighted by Gasteiger charge is -2.34. The van der Waals surface area contributed by atoms with E-state index in [-0.39, 0.29) is 18.4 Å². The Bertz CT molecular complexity index is 967. The fraction of sp³-hybridized carbons (Fsp3) is 0.348. The molecule has 0 radical (unpaired) electrons. The molecule has 2 aliphatic heterocycles. The highest BCUT2D eigenvalue weighted by Gasteiger charge is 2.25. The van der Waals surface area contributed by atoms with Crippen molar-refractivity contribution in [1.29, 1.82) is 0 Å². The van der Waals surface area contributed by atoms with Gasteiger partial charge in [0.1, 0.15) is 5.75 Å². The first kappa shape index (κ1) is 21.2. The molecule has 0 spiro atoms. The van der Waals surface area contributed by atoms with Crippen LogP contribution in [-0.4, -0.2) is 66.7 Å². The van der Waals surface area contributed by atoms with Crippen LogP contribution < -0.4 is 9.75 Å². The minimum Gasteiger partial charge on any atom is -0.484 e. The Morgan fingerprint density at radius 1 is 0.935 bits per heavy atom. The largest absolute Gasteiger partial charge is 0.484 e. The summed E-state index contributed by atoms with van der Waals surface area (Å²) in [4.78, 5) is 28.8. The molecule has 0 aliphatic carbocycles. The molecule has 4 rings (SSSR count). The molecule has 2 amide bonds. The first-order valence-corrected chi connectivity index (χ1v) is 10.7. The van der Waals surface area contributed by atoms with Crippen LogP contribution in [0.15, 0.2) is 53.6 Å². The molecule has 31 heavy (non-hydrogen) atoms. The maximum absolute atomic E-state index is 12.8. The number of benzene rings is 2. The molecule has 0 atom stereocenters. The van der Waals surface area contributed by atoms with Crippen molar-refractivity contribution < 1.29 is 14.3 Å².